The van der Waals surface area contributed by atoms with Crippen molar-refractivity contribution in [3.05, 3.63) is 34.9 Å². The first-order valence-electron chi connectivity index (χ1n) is 6.48. The molecule has 0 amide bonds. The van der Waals surface area contributed by atoms with E-state index in [1.54, 1.807) is 28.5 Å². The van der Waals surface area contributed by atoms with E-state index in [4.69, 9.17) is 0 Å². The molecular formula is C14H17N5S. The first kappa shape index (κ1) is 13.1. The molecule has 0 fully saturated rings. The molecule has 0 aliphatic carbocycles. The number of hydrogen-bond donors (Lipinski definition) is 1. The van der Waals surface area contributed by atoms with Crippen molar-refractivity contribution in [2.45, 2.75) is 19.3 Å². The summed E-state index contributed by atoms with van der Waals surface area (Å²) in [5.41, 5.74) is 0.907. The van der Waals surface area contributed by atoms with Crippen LogP contribution < -0.4 is 5.32 Å². The maximum absolute atomic E-state index is 4.33. The molecule has 104 valence electrons. The quantitative estimate of drug-likeness (QED) is 0.801. The summed E-state index contributed by atoms with van der Waals surface area (Å²) >= 11 is 1.78. The molecular weight excluding hydrogens is 270 g/mol. The van der Waals surface area contributed by atoms with Crippen molar-refractivity contribution < 1.29 is 0 Å². The summed E-state index contributed by atoms with van der Waals surface area (Å²) < 4.78 is 1.76. The first-order valence-corrected chi connectivity index (χ1v) is 7.36. The number of nitrogens with zero attached hydrogens (tertiary/aromatic N) is 4. The third-order valence-electron chi connectivity index (χ3n) is 3.42. The first-order chi connectivity index (χ1) is 9.58. The second-order valence-electron chi connectivity index (χ2n) is 5.44. The fraction of sp³-hybridized carbons (Fsp3) is 0.357. The van der Waals surface area contributed by atoms with Crippen molar-refractivity contribution in [3.8, 4) is 0 Å². The Labute approximate surface area is 121 Å². The number of rotatable bonds is 4. The Balaban J connectivity index is 1.84. The molecule has 3 aromatic heterocycles. The van der Waals surface area contributed by atoms with Gasteiger partial charge in [-0.1, -0.05) is 19.9 Å². The van der Waals surface area contributed by atoms with Crippen LogP contribution in [0.15, 0.2) is 30.0 Å². The highest BCUT2D eigenvalue weighted by Crippen LogP contribution is 2.28. The summed E-state index contributed by atoms with van der Waals surface area (Å²) in [6, 6.07) is 4.26. The average Bonchev–Trinajstić information content (AvgIpc) is 3.07. The zero-order valence-electron chi connectivity index (χ0n) is 11.8. The number of fused-ring (bicyclic) bond motifs is 1. The van der Waals surface area contributed by atoms with Crippen molar-refractivity contribution >= 4 is 28.2 Å². The highest BCUT2D eigenvalue weighted by molar-refractivity contribution is 7.10. The number of hydrogen-bond acceptors (Lipinski definition) is 5. The average molecular weight is 287 g/mol. The Morgan fingerprint density at radius 2 is 2.20 bits per heavy atom. The van der Waals surface area contributed by atoms with Gasteiger partial charge in [-0.2, -0.15) is 5.10 Å². The molecule has 0 spiro atoms. The Hall–Kier alpha value is -1.95. The van der Waals surface area contributed by atoms with Gasteiger partial charge in [0.2, 0.25) is 0 Å². The van der Waals surface area contributed by atoms with Gasteiger partial charge in [-0.05, 0) is 11.4 Å². The summed E-state index contributed by atoms with van der Waals surface area (Å²) in [5.74, 6) is 0.840. The second kappa shape index (κ2) is 4.86. The number of anilines is 1. The fourth-order valence-corrected chi connectivity index (χ4v) is 3.01. The number of aromatic nitrogens is 4. The zero-order chi connectivity index (χ0) is 14.2. The van der Waals surface area contributed by atoms with E-state index in [0.717, 1.165) is 23.4 Å². The van der Waals surface area contributed by atoms with Crippen LogP contribution in [0.25, 0.3) is 11.0 Å². The molecule has 0 unspecified atom stereocenters. The number of aryl methyl sites for hydroxylation is 1. The summed E-state index contributed by atoms with van der Waals surface area (Å²) in [7, 11) is 1.88. The Morgan fingerprint density at radius 1 is 1.35 bits per heavy atom. The van der Waals surface area contributed by atoms with Crippen molar-refractivity contribution in [1.82, 2.24) is 19.7 Å². The van der Waals surface area contributed by atoms with Crippen LogP contribution in [0.1, 0.15) is 18.7 Å². The molecule has 3 heterocycles. The van der Waals surface area contributed by atoms with Gasteiger partial charge in [-0.3, -0.25) is 4.68 Å². The van der Waals surface area contributed by atoms with E-state index >= 15 is 0 Å². The molecule has 0 radical (unpaired) electrons. The van der Waals surface area contributed by atoms with Crippen LogP contribution >= 0.6 is 11.3 Å². The summed E-state index contributed by atoms with van der Waals surface area (Å²) in [6.45, 7) is 5.27. The molecule has 6 heteroatoms. The predicted octanol–water partition coefficient (Wildman–Crippen LogP) is 2.81. The molecule has 0 bridgehead atoms. The lowest BCUT2D eigenvalue weighted by molar-refractivity contribution is 0.568. The zero-order valence-corrected chi connectivity index (χ0v) is 12.6. The van der Waals surface area contributed by atoms with Gasteiger partial charge in [-0.25, -0.2) is 9.97 Å². The molecule has 3 aromatic rings. The molecule has 0 aliphatic heterocycles. The Morgan fingerprint density at radius 3 is 2.95 bits per heavy atom. The van der Waals surface area contributed by atoms with Crippen molar-refractivity contribution in [2.24, 2.45) is 7.05 Å². The molecule has 1 N–H and O–H groups in total. The van der Waals surface area contributed by atoms with E-state index in [0.29, 0.717) is 0 Å². The molecule has 0 aromatic carbocycles. The van der Waals surface area contributed by atoms with Crippen LogP contribution in [-0.4, -0.2) is 26.3 Å². The molecule has 0 atom stereocenters. The van der Waals surface area contributed by atoms with E-state index in [1.165, 1.54) is 4.88 Å². The molecule has 0 aliphatic rings. The molecule has 3 rings (SSSR count). The van der Waals surface area contributed by atoms with Gasteiger partial charge in [0, 0.05) is 23.9 Å². The minimum atomic E-state index is 0.0631. The van der Waals surface area contributed by atoms with Crippen molar-refractivity contribution in [1.29, 1.82) is 0 Å². The van der Waals surface area contributed by atoms with Gasteiger partial charge in [0.05, 0.1) is 11.6 Å². The second-order valence-corrected chi connectivity index (χ2v) is 6.39. The maximum atomic E-state index is 4.33. The maximum Gasteiger partial charge on any atom is 0.163 e. The van der Waals surface area contributed by atoms with Crippen LogP contribution in [0.4, 0.5) is 5.82 Å². The minimum absolute atomic E-state index is 0.0631. The molecule has 0 saturated heterocycles. The summed E-state index contributed by atoms with van der Waals surface area (Å²) in [6.07, 6.45) is 3.38. The van der Waals surface area contributed by atoms with Crippen LogP contribution in [0.5, 0.6) is 0 Å². The monoisotopic (exact) mass is 287 g/mol. The van der Waals surface area contributed by atoms with Crippen molar-refractivity contribution in [2.75, 3.05) is 11.9 Å². The van der Waals surface area contributed by atoms with E-state index < -0.39 is 0 Å². The SMILES string of the molecule is Cn1ncc2c(NCC(C)(C)c3cccs3)ncnc21. The highest BCUT2D eigenvalue weighted by atomic mass is 32.1. The van der Waals surface area contributed by atoms with Crippen LogP contribution in [0, 0.1) is 0 Å². The number of nitrogens with one attached hydrogen (secondary N) is 1. The summed E-state index contributed by atoms with van der Waals surface area (Å²) in [4.78, 5) is 9.94. The van der Waals surface area contributed by atoms with E-state index in [9.17, 15) is 0 Å². The molecule has 5 nitrogen and oxygen atoms in total. The summed E-state index contributed by atoms with van der Waals surface area (Å²) in [5, 5.41) is 10.7. The van der Waals surface area contributed by atoms with Crippen molar-refractivity contribution in [3.63, 3.8) is 0 Å². The van der Waals surface area contributed by atoms with Gasteiger partial charge >= 0.3 is 0 Å². The number of thiophene rings is 1. The smallest absolute Gasteiger partial charge is 0.163 e. The largest absolute Gasteiger partial charge is 0.368 e. The Kier molecular flexibility index (Phi) is 3.17. The highest BCUT2D eigenvalue weighted by Gasteiger charge is 2.22. The van der Waals surface area contributed by atoms with Gasteiger partial charge in [0.15, 0.2) is 5.65 Å². The molecule has 0 saturated carbocycles. The standard InChI is InChI=1S/C14H17N5S/c1-14(2,11-5-4-6-20-11)8-15-12-10-7-18-19(3)13(10)17-9-16-12/h4-7,9H,8H2,1-3H3,(H,15,16,17). The lowest BCUT2D eigenvalue weighted by atomic mass is 9.91. The molecule has 20 heavy (non-hydrogen) atoms. The van der Waals surface area contributed by atoms with E-state index in [2.05, 4.69) is 51.7 Å². The normalized spacial score (nSPS) is 11.9. The van der Waals surface area contributed by atoms with Gasteiger partial charge in [0.25, 0.3) is 0 Å². The third-order valence-corrected chi connectivity index (χ3v) is 4.65. The minimum Gasteiger partial charge on any atom is -0.368 e. The lowest BCUT2D eigenvalue weighted by Crippen LogP contribution is -2.26. The van der Waals surface area contributed by atoms with Gasteiger partial charge in [-0.15, -0.1) is 11.3 Å². The van der Waals surface area contributed by atoms with Gasteiger partial charge in [0.1, 0.15) is 12.1 Å². The Bertz CT molecular complexity index is 714. The van der Waals surface area contributed by atoms with E-state index in [1.807, 2.05) is 7.05 Å². The topological polar surface area (TPSA) is 55.6 Å². The predicted molar refractivity (Wildman–Crippen MR) is 82.1 cm³/mol. The third kappa shape index (κ3) is 2.27. The van der Waals surface area contributed by atoms with Crippen LogP contribution in [0.2, 0.25) is 0 Å². The lowest BCUT2D eigenvalue weighted by Gasteiger charge is -2.24. The van der Waals surface area contributed by atoms with Crippen LogP contribution in [0.3, 0.4) is 0 Å². The fourth-order valence-electron chi connectivity index (χ4n) is 2.16. The van der Waals surface area contributed by atoms with Crippen LogP contribution in [-0.2, 0) is 12.5 Å². The van der Waals surface area contributed by atoms with Gasteiger partial charge < -0.3 is 5.32 Å². The van der Waals surface area contributed by atoms with E-state index in [-0.39, 0.29) is 5.41 Å².